The van der Waals surface area contributed by atoms with Gasteiger partial charge in [-0.05, 0) is 42.5 Å². The van der Waals surface area contributed by atoms with Crippen molar-refractivity contribution in [3.63, 3.8) is 0 Å². The van der Waals surface area contributed by atoms with Gasteiger partial charge in [-0.1, -0.05) is 0 Å². The molecule has 0 radical (unpaired) electrons. The first kappa shape index (κ1) is 18.3. The standard InChI is InChI=1S/C20H21N3O4/c1-23-17(13-5-8-15(25-2)9-6-13)12-16(22-23)20(24)21-14-7-10-18(26-3)19(11-14)27-4/h5-12H,1-4H3,(H,21,24). The van der Waals surface area contributed by atoms with Crippen LogP contribution in [0, 0.1) is 0 Å². The Labute approximate surface area is 157 Å². The summed E-state index contributed by atoms with van der Waals surface area (Å²) < 4.78 is 17.3. The highest BCUT2D eigenvalue weighted by molar-refractivity contribution is 6.03. The Kier molecular flexibility index (Phi) is 5.30. The number of anilines is 1. The summed E-state index contributed by atoms with van der Waals surface area (Å²) in [5.41, 5.74) is 2.68. The summed E-state index contributed by atoms with van der Waals surface area (Å²) in [6, 6.07) is 14.5. The molecule has 0 saturated carbocycles. The minimum atomic E-state index is -0.308. The number of methoxy groups -OCH3 is 3. The van der Waals surface area contributed by atoms with Crippen LogP contribution in [0.15, 0.2) is 48.5 Å². The van der Waals surface area contributed by atoms with E-state index in [4.69, 9.17) is 14.2 Å². The number of nitrogens with one attached hydrogen (secondary N) is 1. The largest absolute Gasteiger partial charge is 0.497 e. The van der Waals surface area contributed by atoms with Crippen LogP contribution in [-0.2, 0) is 7.05 Å². The summed E-state index contributed by atoms with van der Waals surface area (Å²) >= 11 is 0. The highest BCUT2D eigenvalue weighted by atomic mass is 16.5. The van der Waals surface area contributed by atoms with E-state index in [0.717, 1.165) is 17.0 Å². The average Bonchev–Trinajstić information content (AvgIpc) is 3.09. The molecule has 3 rings (SSSR count). The summed E-state index contributed by atoms with van der Waals surface area (Å²) in [7, 11) is 6.52. The maximum Gasteiger partial charge on any atom is 0.276 e. The van der Waals surface area contributed by atoms with Crippen molar-refractivity contribution in [3.8, 4) is 28.5 Å². The maximum absolute atomic E-state index is 12.6. The molecule has 0 bridgehead atoms. The van der Waals surface area contributed by atoms with Crippen LogP contribution in [0.25, 0.3) is 11.3 Å². The zero-order valence-corrected chi connectivity index (χ0v) is 15.6. The molecule has 7 heteroatoms. The molecule has 0 spiro atoms. The van der Waals surface area contributed by atoms with E-state index in [1.54, 1.807) is 57.3 Å². The predicted octanol–water partition coefficient (Wildman–Crippen LogP) is 3.37. The molecule has 1 aromatic heterocycles. The van der Waals surface area contributed by atoms with Crippen LogP contribution in [0.1, 0.15) is 10.5 Å². The lowest BCUT2D eigenvalue weighted by atomic mass is 10.1. The Morgan fingerprint density at radius 3 is 2.26 bits per heavy atom. The molecule has 3 aromatic rings. The van der Waals surface area contributed by atoms with Crippen LogP contribution in [0.5, 0.6) is 17.2 Å². The third-order valence-corrected chi connectivity index (χ3v) is 4.14. The molecule has 0 fully saturated rings. The highest BCUT2D eigenvalue weighted by Gasteiger charge is 2.15. The van der Waals surface area contributed by atoms with Crippen molar-refractivity contribution >= 4 is 11.6 Å². The first-order valence-electron chi connectivity index (χ1n) is 8.27. The fourth-order valence-corrected chi connectivity index (χ4v) is 2.72. The van der Waals surface area contributed by atoms with Crippen molar-refractivity contribution < 1.29 is 19.0 Å². The van der Waals surface area contributed by atoms with E-state index in [1.807, 2.05) is 24.3 Å². The molecule has 0 aliphatic heterocycles. The van der Waals surface area contributed by atoms with Crippen LogP contribution in [0.4, 0.5) is 5.69 Å². The quantitative estimate of drug-likeness (QED) is 0.723. The van der Waals surface area contributed by atoms with Crippen molar-refractivity contribution in [1.29, 1.82) is 0 Å². The Morgan fingerprint density at radius 2 is 1.63 bits per heavy atom. The van der Waals surface area contributed by atoms with E-state index < -0.39 is 0 Å². The molecule has 1 amide bonds. The average molecular weight is 367 g/mol. The van der Waals surface area contributed by atoms with Crippen molar-refractivity contribution in [2.75, 3.05) is 26.6 Å². The lowest BCUT2D eigenvalue weighted by molar-refractivity contribution is 0.102. The van der Waals surface area contributed by atoms with E-state index >= 15 is 0 Å². The second-order valence-corrected chi connectivity index (χ2v) is 5.79. The van der Waals surface area contributed by atoms with Gasteiger partial charge in [-0.2, -0.15) is 5.10 Å². The second-order valence-electron chi connectivity index (χ2n) is 5.79. The molecule has 0 atom stereocenters. The number of amides is 1. The van der Waals surface area contributed by atoms with Gasteiger partial charge >= 0.3 is 0 Å². The molecule has 0 aliphatic rings. The lowest BCUT2D eigenvalue weighted by Crippen LogP contribution is -2.13. The number of nitrogens with zero attached hydrogens (tertiary/aromatic N) is 2. The minimum absolute atomic E-state index is 0.308. The number of aryl methyl sites for hydroxylation is 1. The monoisotopic (exact) mass is 367 g/mol. The van der Waals surface area contributed by atoms with Gasteiger partial charge in [0.1, 0.15) is 5.75 Å². The lowest BCUT2D eigenvalue weighted by Gasteiger charge is -2.09. The van der Waals surface area contributed by atoms with Crippen LogP contribution < -0.4 is 19.5 Å². The molecule has 7 nitrogen and oxygen atoms in total. The van der Waals surface area contributed by atoms with Crippen molar-refractivity contribution in [1.82, 2.24) is 9.78 Å². The van der Waals surface area contributed by atoms with Crippen LogP contribution in [0.2, 0.25) is 0 Å². The molecule has 2 aromatic carbocycles. The molecule has 27 heavy (non-hydrogen) atoms. The van der Waals surface area contributed by atoms with E-state index in [1.165, 1.54) is 0 Å². The number of ether oxygens (including phenoxy) is 3. The third kappa shape index (κ3) is 3.87. The number of carbonyl (C=O) groups excluding carboxylic acids is 1. The summed E-state index contributed by atoms with van der Waals surface area (Å²) in [5, 5.41) is 7.14. The molecule has 1 N–H and O–H groups in total. The molecule has 0 aliphatic carbocycles. The SMILES string of the molecule is COc1ccc(-c2cc(C(=O)Nc3ccc(OC)c(OC)c3)nn2C)cc1. The number of carbonyl (C=O) groups is 1. The van der Waals surface area contributed by atoms with Gasteiger partial charge in [-0.25, -0.2) is 0 Å². The Morgan fingerprint density at radius 1 is 0.926 bits per heavy atom. The number of rotatable bonds is 6. The fourth-order valence-electron chi connectivity index (χ4n) is 2.72. The number of benzene rings is 2. The maximum atomic E-state index is 12.6. The van der Waals surface area contributed by atoms with E-state index in [0.29, 0.717) is 22.9 Å². The smallest absolute Gasteiger partial charge is 0.276 e. The summed E-state index contributed by atoms with van der Waals surface area (Å²) in [4.78, 5) is 12.6. The second kappa shape index (κ2) is 7.82. The summed E-state index contributed by atoms with van der Waals surface area (Å²) in [6.45, 7) is 0. The molecule has 1 heterocycles. The topological polar surface area (TPSA) is 74.6 Å². The summed E-state index contributed by atoms with van der Waals surface area (Å²) in [5.74, 6) is 1.59. The summed E-state index contributed by atoms with van der Waals surface area (Å²) in [6.07, 6.45) is 0. The Bertz CT molecular complexity index is 948. The Hall–Kier alpha value is -3.48. The zero-order valence-electron chi connectivity index (χ0n) is 15.6. The van der Waals surface area contributed by atoms with E-state index in [-0.39, 0.29) is 5.91 Å². The van der Waals surface area contributed by atoms with E-state index in [2.05, 4.69) is 10.4 Å². The van der Waals surface area contributed by atoms with E-state index in [9.17, 15) is 4.79 Å². The van der Waals surface area contributed by atoms with Crippen molar-refractivity contribution in [3.05, 3.63) is 54.2 Å². The normalized spacial score (nSPS) is 10.4. The first-order chi connectivity index (χ1) is 13.0. The number of aromatic nitrogens is 2. The number of hydrogen-bond acceptors (Lipinski definition) is 5. The number of hydrogen-bond donors (Lipinski definition) is 1. The molecule has 140 valence electrons. The third-order valence-electron chi connectivity index (χ3n) is 4.14. The van der Waals surface area contributed by atoms with Gasteiger partial charge < -0.3 is 19.5 Å². The molecule has 0 saturated heterocycles. The van der Waals surface area contributed by atoms with Gasteiger partial charge in [-0.3, -0.25) is 9.48 Å². The predicted molar refractivity (Wildman–Crippen MR) is 103 cm³/mol. The van der Waals surface area contributed by atoms with Crippen molar-refractivity contribution in [2.24, 2.45) is 7.05 Å². The highest BCUT2D eigenvalue weighted by Crippen LogP contribution is 2.30. The van der Waals surface area contributed by atoms with Gasteiger partial charge in [0.25, 0.3) is 5.91 Å². The zero-order chi connectivity index (χ0) is 19.4. The molecular formula is C20H21N3O4. The minimum Gasteiger partial charge on any atom is -0.497 e. The first-order valence-corrected chi connectivity index (χ1v) is 8.27. The van der Waals surface area contributed by atoms with Crippen molar-refractivity contribution in [2.45, 2.75) is 0 Å². The van der Waals surface area contributed by atoms with Crippen LogP contribution >= 0.6 is 0 Å². The van der Waals surface area contributed by atoms with Crippen LogP contribution in [-0.4, -0.2) is 37.0 Å². The Balaban J connectivity index is 1.81. The van der Waals surface area contributed by atoms with Gasteiger partial charge in [0.05, 0.1) is 27.0 Å². The van der Waals surface area contributed by atoms with Gasteiger partial charge in [-0.15, -0.1) is 0 Å². The van der Waals surface area contributed by atoms with Gasteiger partial charge in [0.2, 0.25) is 0 Å². The van der Waals surface area contributed by atoms with Gasteiger partial charge in [0, 0.05) is 24.4 Å². The van der Waals surface area contributed by atoms with Gasteiger partial charge in [0.15, 0.2) is 17.2 Å². The molecule has 0 unspecified atom stereocenters. The van der Waals surface area contributed by atoms with Crippen LogP contribution in [0.3, 0.4) is 0 Å². The fraction of sp³-hybridized carbons (Fsp3) is 0.200. The molecular weight excluding hydrogens is 346 g/mol.